The molecule has 6 aromatic carbocycles. The number of halogens is 2. The van der Waals surface area contributed by atoms with E-state index in [2.05, 4.69) is 181 Å². The molecule has 0 saturated heterocycles. The van der Waals surface area contributed by atoms with Gasteiger partial charge in [-0.05, 0) is 0 Å². The molecule has 0 radical (unpaired) electrons. The van der Waals surface area contributed by atoms with Gasteiger partial charge in [0.1, 0.15) is 0 Å². The van der Waals surface area contributed by atoms with E-state index in [4.69, 9.17) is 0 Å². The maximum atomic E-state index is 9.36. The van der Waals surface area contributed by atoms with Gasteiger partial charge in [0, 0.05) is 0 Å². The van der Waals surface area contributed by atoms with E-state index in [1.165, 1.54) is 91.6 Å². The van der Waals surface area contributed by atoms with Crippen molar-refractivity contribution >= 4 is 52.5 Å². The van der Waals surface area contributed by atoms with Crippen LogP contribution in [0.2, 0.25) is 0 Å². The number of hydrogen-bond donors (Lipinski definition) is 0. The standard InChI is InChI=1S/2C21H23.C12H9Si.2ClH.Hf/c2*1-4-8-16-13-17-9-7-12-20(21(17)14-16)19-11-6-5-10-18(19)15(2)3;1-3-7-11-9(5-1)10-6-2-4-8-12(10)13-11;;;/h2*5-7,9-15H,4,8H2,1-3H3;1-7H,13H2;2*1H;/q;;;;;+2/p-2. The van der Waals surface area contributed by atoms with E-state index in [0.29, 0.717) is 11.8 Å². The summed E-state index contributed by atoms with van der Waals surface area (Å²) in [6.07, 6.45) is 9.10. The van der Waals surface area contributed by atoms with E-state index in [-0.39, 0.29) is 7.35 Å². The van der Waals surface area contributed by atoms with Gasteiger partial charge in [-0.2, -0.15) is 0 Å². The molecule has 0 saturated carbocycles. The van der Waals surface area contributed by atoms with Gasteiger partial charge in [0.2, 0.25) is 0 Å². The van der Waals surface area contributed by atoms with Gasteiger partial charge in [-0.15, -0.1) is 0 Å². The summed E-state index contributed by atoms with van der Waals surface area (Å²) in [5, 5.41) is 2.99. The summed E-state index contributed by atoms with van der Waals surface area (Å²) in [5.74, 6) is 0.805. The molecule has 0 bridgehead atoms. The van der Waals surface area contributed by atoms with Crippen molar-refractivity contribution in [2.75, 3.05) is 0 Å². The van der Waals surface area contributed by atoms with E-state index in [0.717, 1.165) is 25.7 Å². The minimum atomic E-state index is -5.78. The minimum absolute atomic E-state index is 0.0616. The third-order valence-corrected chi connectivity index (χ3v) is 45.3. The summed E-state index contributed by atoms with van der Waals surface area (Å²) in [6, 6.07) is 48.2. The number of rotatable bonds is 11. The molecule has 6 aromatic rings. The van der Waals surface area contributed by atoms with Gasteiger partial charge in [-0.1, -0.05) is 0 Å². The molecule has 9 rings (SSSR count). The molecule has 2 atom stereocenters. The summed E-state index contributed by atoms with van der Waals surface area (Å²) < 4.78 is 1.20. The van der Waals surface area contributed by atoms with Gasteiger partial charge in [0.15, 0.2) is 0 Å². The first-order valence-corrected chi connectivity index (χ1v) is 38.0. The Hall–Kier alpha value is -3.53. The molecule has 0 amide bonds. The van der Waals surface area contributed by atoms with Crippen molar-refractivity contribution in [1.29, 1.82) is 0 Å². The van der Waals surface area contributed by atoms with Crippen LogP contribution in [0.4, 0.5) is 0 Å². The monoisotopic (exact) mass is 981 g/mol. The zero-order chi connectivity index (χ0) is 40.4. The van der Waals surface area contributed by atoms with Crippen molar-refractivity contribution in [2.45, 2.75) is 86.4 Å². The predicted molar refractivity (Wildman–Crippen MR) is 254 cm³/mol. The van der Waals surface area contributed by atoms with Gasteiger partial charge in [-0.3, -0.25) is 0 Å². The van der Waals surface area contributed by atoms with Gasteiger partial charge in [0.25, 0.3) is 0 Å². The van der Waals surface area contributed by atoms with Crippen LogP contribution >= 0.6 is 17.2 Å². The molecule has 0 spiro atoms. The van der Waals surface area contributed by atoms with Gasteiger partial charge >= 0.3 is 360 Å². The topological polar surface area (TPSA) is 0 Å². The first-order valence-electron chi connectivity index (χ1n) is 21.7. The van der Waals surface area contributed by atoms with Crippen LogP contribution in [0.25, 0.3) is 45.5 Å². The van der Waals surface area contributed by atoms with Crippen molar-refractivity contribution < 1.29 is 16.1 Å². The van der Waals surface area contributed by atoms with Gasteiger partial charge < -0.3 is 0 Å². The molecule has 293 valence electrons. The van der Waals surface area contributed by atoms with Crippen LogP contribution in [0.15, 0.2) is 139 Å². The Labute approximate surface area is 357 Å². The summed E-state index contributed by atoms with van der Waals surface area (Å²) in [4.78, 5) is 0. The van der Waals surface area contributed by atoms with E-state index in [9.17, 15) is 17.2 Å². The average molecular weight is 982 g/mol. The molecule has 1 heterocycles. The molecule has 0 nitrogen and oxygen atoms in total. The Morgan fingerprint density at radius 3 is 1.43 bits per heavy atom. The number of fused-ring (bicyclic) bond motifs is 5. The van der Waals surface area contributed by atoms with Crippen LogP contribution in [-0.4, -0.2) is 9.52 Å². The third kappa shape index (κ3) is 6.22. The molecule has 1 aliphatic heterocycles. The molecular formula is C54H55Cl2HfSi. The summed E-state index contributed by atoms with van der Waals surface area (Å²) in [6.45, 7) is 13.9. The fraction of sp³-hybridized carbons (Fsp3) is 0.259. The van der Waals surface area contributed by atoms with Crippen molar-refractivity contribution in [1.82, 2.24) is 0 Å². The second kappa shape index (κ2) is 15.5. The second-order valence-corrected chi connectivity index (χ2v) is 48.8. The fourth-order valence-corrected chi connectivity index (χ4v) is 50.3. The molecule has 58 heavy (non-hydrogen) atoms. The Bertz CT molecular complexity index is 2510. The zero-order valence-electron chi connectivity index (χ0n) is 34.9. The van der Waals surface area contributed by atoms with Crippen LogP contribution in [0.5, 0.6) is 0 Å². The second-order valence-electron chi connectivity index (χ2n) is 17.7. The zero-order valence-corrected chi connectivity index (χ0v) is 41.4. The third-order valence-electron chi connectivity index (χ3n) is 13.5. The quantitative estimate of drug-likeness (QED) is 0.113. The maximum absolute atomic E-state index is 9.36. The Morgan fingerprint density at radius 2 is 0.931 bits per heavy atom. The number of benzene rings is 6. The molecule has 2 unspecified atom stereocenters. The molecule has 0 fully saturated rings. The van der Waals surface area contributed by atoms with Crippen LogP contribution in [0.1, 0.15) is 120 Å². The predicted octanol–water partition coefficient (Wildman–Crippen LogP) is 13.9. The van der Waals surface area contributed by atoms with Crippen LogP contribution in [0.3, 0.4) is 0 Å². The Balaban J connectivity index is 1.37. The van der Waals surface area contributed by atoms with Crippen LogP contribution < -0.4 is 13.7 Å². The summed E-state index contributed by atoms with van der Waals surface area (Å²) in [7, 11) is 17.9. The van der Waals surface area contributed by atoms with Crippen molar-refractivity contribution in [3.05, 3.63) is 172 Å². The Morgan fingerprint density at radius 1 is 0.500 bits per heavy atom. The molecule has 2 aliphatic carbocycles. The van der Waals surface area contributed by atoms with E-state index < -0.39 is 25.7 Å². The summed E-state index contributed by atoms with van der Waals surface area (Å²) in [5.41, 5.74) is 18.9. The first kappa shape index (κ1) is 39.9. The fourth-order valence-electron chi connectivity index (χ4n) is 11.2. The first-order chi connectivity index (χ1) is 28.1. The van der Waals surface area contributed by atoms with Crippen LogP contribution in [-0.2, 0) is 16.1 Å². The van der Waals surface area contributed by atoms with E-state index >= 15 is 0 Å². The molecule has 0 aromatic heterocycles. The van der Waals surface area contributed by atoms with Crippen molar-refractivity contribution in [2.24, 2.45) is 0 Å². The molecular weight excluding hydrogens is 926 g/mol. The van der Waals surface area contributed by atoms with Crippen LogP contribution in [0, 0.1) is 0 Å². The number of hydrogen-bond acceptors (Lipinski definition) is 0. The number of allylic oxidation sites excluding steroid dienone is 2. The summed E-state index contributed by atoms with van der Waals surface area (Å²) >= 11 is -5.78. The SMILES string of the molecule is CCCC1=Cc2c(-c3ccccc3C(C)C)cccc2[CH]1[Hf]([Cl])([Cl])([c]1cccc2c1[SiH2]c1ccccc1-2)[CH]1C(CCC)=Cc2c(-c3ccccc3C(C)C)cccc21. The molecule has 3 aliphatic rings. The Kier molecular flexibility index (Phi) is 10.7. The normalized spacial score (nSPS) is 17.8. The average Bonchev–Trinajstić information content (AvgIpc) is 3.93. The van der Waals surface area contributed by atoms with E-state index in [1.807, 2.05) is 0 Å². The van der Waals surface area contributed by atoms with Crippen molar-refractivity contribution in [3.8, 4) is 33.4 Å². The van der Waals surface area contributed by atoms with Crippen molar-refractivity contribution in [3.63, 3.8) is 0 Å². The van der Waals surface area contributed by atoms with Gasteiger partial charge in [0.05, 0.1) is 0 Å². The molecule has 0 N–H and O–H groups in total. The molecule has 4 heteroatoms. The van der Waals surface area contributed by atoms with Gasteiger partial charge in [-0.25, -0.2) is 0 Å². The van der Waals surface area contributed by atoms with E-state index in [1.54, 1.807) is 0 Å².